The molecule has 3 aromatic rings. The highest BCUT2D eigenvalue weighted by molar-refractivity contribution is 5.82. The molecule has 3 aromatic carbocycles. The highest BCUT2D eigenvalue weighted by Crippen LogP contribution is 2.16. The quantitative estimate of drug-likeness (QED) is 0.513. The second-order valence-corrected chi connectivity index (χ2v) is 5.63. The van der Waals surface area contributed by atoms with Crippen LogP contribution < -0.4 is 15.8 Å². The van der Waals surface area contributed by atoms with Gasteiger partial charge >= 0.3 is 0 Å². The van der Waals surface area contributed by atoms with Crippen LogP contribution >= 0.6 is 0 Å². The molecule has 0 spiro atoms. The maximum Gasteiger partial charge on any atom is 0.121 e. The molecule has 118 valence electrons. The Morgan fingerprint density at radius 1 is 0.870 bits per heavy atom. The summed E-state index contributed by atoms with van der Waals surface area (Å²) in [4.78, 5) is 0. The van der Waals surface area contributed by atoms with Crippen LogP contribution in [0, 0.1) is 0 Å². The van der Waals surface area contributed by atoms with Gasteiger partial charge in [-0.25, -0.2) is 0 Å². The Balaban J connectivity index is 1.39. The molecule has 0 atom stereocenters. The summed E-state index contributed by atoms with van der Waals surface area (Å²) in [7, 11) is 0. The van der Waals surface area contributed by atoms with Crippen molar-refractivity contribution in [3.8, 4) is 5.75 Å². The SMILES string of the molecule is Nc1cccc(OCCCNCc2ccc3ccccc3c2)c1. The minimum Gasteiger partial charge on any atom is -0.493 e. The lowest BCUT2D eigenvalue weighted by Crippen LogP contribution is -2.17. The van der Waals surface area contributed by atoms with E-state index in [2.05, 4.69) is 47.8 Å². The first-order chi connectivity index (χ1) is 11.3. The molecule has 0 aliphatic heterocycles. The third-order valence-electron chi connectivity index (χ3n) is 3.77. The van der Waals surface area contributed by atoms with Crippen molar-refractivity contribution in [1.29, 1.82) is 0 Å². The Kier molecular flexibility index (Phi) is 5.12. The van der Waals surface area contributed by atoms with Gasteiger partial charge in [0.25, 0.3) is 0 Å². The van der Waals surface area contributed by atoms with Crippen LogP contribution in [0.15, 0.2) is 66.7 Å². The van der Waals surface area contributed by atoms with Crippen LogP contribution in [-0.2, 0) is 6.54 Å². The summed E-state index contributed by atoms with van der Waals surface area (Å²) in [6, 6.07) is 22.6. The highest BCUT2D eigenvalue weighted by Gasteiger charge is 1.97. The van der Waals surface area contributed by atoms with Gasteiger partial charge in [0, 0.05) is 18.3 Å². The number of anilines is 1. The van der Waals surface area contributed by atoms with Crippen LogP contribution in [0.1, 0.15) is 12.0 Å². The summed E-state index contributed by atoms with van der Waals surface area (Å²) >= 11 is 0. The maximum atomic E-state index is 5.72. The van der Waals surface area contributed by atoms with E-state index < -0.39 is 0 Å². The molecule has 0 aliphatic rings. The number of hydrogen-bond donors (Lipinski definition) is 2. The molecule has 0 fully saturated rings. The van der Waals surface area contributed by atoms with Gasteiger partial charge in [-0.05, 0) is 47.5 Å². The monoisotopic (exact) mass is 306 g/mol. The van der Waals surface area contributed by atoms with Gasteiger partial charge in [-0.15, -0.1) is 0 Å². The zero-order valence-corrected chi connectivity index (χ0v) is 13.2. The molecular weight excluding hydrogens is 284 g/mol. The Bertz CT molecular complexity index is 770. The second-order valence-electron chi connectivity index (χ2n) is 5.63. The Labute approximate surface area is 137 Å². The van der Waals surface area contributed by atoms with Crippen molar-refractivity contribution >= 4 is 16.5 Å². The molecule has 0 unspecified atom stereocenters. The molecule has 0 radical (unpaired) electrons. The number of nitrogen functional groups attached to an aromatic ring is 1. The predicted molar refractivity (Wildman–Crippen MR) is 96.6 cm³/mol. The predicted octanol–water partition coefficient (Wildman–Crippen LogP) is 3.98. The van der Waals surface area contributed by atoms with Gasteiger partial charge < -0.3 is 15.8 Å². The molecule has 0 saturated carbocycles. The molecule has 3 N–H and O–H groups in total. The van der Waals surface area contributed by atoms with Gasteiger partial charge in [0.2, 0.25) is 0 Å². The Morgan fingerprint density at radius 3 is 2.61 bits per heavy atom. The normalized spacial score (nSPS) is 10.8. The number of nitrogens with two attached hydrogens (primary N) is 1. The Morgan fingerprint density at radius 2 is 1.74 bits per heavy atom. The van der Waals surface area contributed by atoms with E-state index in [4.69, 9.17) is 10.5 Å². The van der Waals surface area contributed by atoms with E-state index in [-0.39, 0.29) is 0 Å². The van der Waals surface area contributed by atoms with E-state index in [1.807, 2.05) is 24.3 Å². The van der Waals surface area contributed by atoms with Gasteiger partial charge in [-0.1, -0.05) is 42.5 Å². The van der Waals surface area contributed by atoms with E-state index in [0.717, 1.165) is 30.9 Å². The van der Waals surface area contributed by atoms with E-state index in [1.54, 1.807) is 0 Å². The van der Waals surface area contributed by atoms with E-state index >= 15 is 0 Å². The van der Waals surface area contributed by atoms with Crippen LogP contribution in [0.4, 0.5) is 5.69 Å². The number of ether oxygens (including phenoxy) is 1. The van der Waals surface area contributed by atoms with Gasteiger partial charge in [0.05, 0.1) is 6.61 Å². The van der Waals surface area contributed by atoms with Gasteiger partial charge in [0.1, 0.15) is 5.75 Å². The third-order valence-corrected chi connectivity index (χ3v) is 3.77. The lowest BCUT2D eigenvalue weighted by atomic mass is 10.1. The molecule has 3 nitrogen and oxygen atoms in total. The smallest absolute Gasteiger partial charge is 0.121 e. The van der Waals surface area contributed by atoms with Crippen LogP contribution in [0.2, 0.25) is 0 Å². The number of benzene rings is 3. The standard InChI is InChI=1S/C20H22N2O/c21-19-7-3-8-20(14-19)23-12-4-11-22-15-16-9-10-17-5-1-2-6-18(17)13-16/h1-3,5-10,13-14,22H,4,11-12,15,21H2. The summed E-state index contributed by atoms with van der Waals surface area (Å²) in [6.07, 6.45) is 0.961. The van der Waals surface area contributed by atoms with Crippen molar-refractivity contribution in [2.75, 3.05) is 18.9 Å². The van der Waals surface area contributed by atoms with Gasteiger partial charge in [-0.3, -0.25) is 0 Å². The molecule has 0 bridgehead atoms. The van der Waals surface area contributed by atoms with Crippen molar-refractivity contribution < 1.29 is 4.74 Å². The summed E-state index contributed by atoms with van der Waals surface area (Å²) < 4.78 is 5.68. The molecule has 0 aromatic heterocycles. The van der Waals surface area contributed by atoms with Gasteiger partial charge in [0.15, 0.2) is 0 Å². The lowest BCUT2D eigenvalue weighted by Gasteiger charge is -2.08. The maximum absolute atomic E-state index is 5.72. The van der Waals surface area contributed by atoms with E-state index in [9.17, 15) is 0 Å². The van der Waals surface area contributed by atoms with Crippen molar-refractivity contribution in [1.82, 2.24) is 5.32 Å². The van der Waals surface area contributed by atoms with Crippen LogP contribution in [0.25, 0.3) is 10.8 Å². The summed E-state index contributed by atoms with van der Waals surface area (Å²) in [6.45, 7) is 2.49. The summed E-state index contributed by atoms with van der Waals surface area (Å²) in [5.74, 6) is 0.833. The number of rotatable bonds is 7. The molecular formula is C20H22N2O. The number of hydrogen-bond acceptors (Lipinski definition) is 3. The van der Waals surface area contributed by atoms with Crippen molar-refractivity contribution in [3.05, 3.63) is 72.3 Å². The first kappa shape index (κ1) is 15.4. The fourth-order valence-corrected chi connectivity index (χ4v) is 2.57. The zero-order chi connectivity index (χ0) is 15.9. The van der Waals surface area contributed by atoms with Crippen LogP contribution in [0.3, 0.4) is 0 Å². The van der Waals surface area contributed by atoms with Crippen molar-refractivity contribution in [2.24, 2.45) is 0 Å². The average molecular weight is 306 g/mol. The van der Waals surface area contributed by atoms with Crippen molar-refractivity contribution in [3.63, 3.8) is 0 Å². The number of nitrogens with one attached hydrogen (secondary N) is 1. The largest absolute Gasteiger partial charge is 0.493 e. The molecule has 0 heterocycles. The first-order valence-corrected chi connectivity index (χ1v) is 7.98. The van der Waals surface area contributed by atoms with E-state index in [0.29, 0.717) is 6.61 Å². The first-order valence-electron chi connectivity index (χ1n) is 7.98. The Hall–Kier alpha value is -2.52. The van der Waals surface area contributed by atoms with Crippen molar-refractivity contribution in [2.45, 2.75) is 13.0 Å². The molecule has 23 heavy (non-hydrogen) atoms. The summed E-state index contributed by atoms with van der Waals surface area (Å²) in [5.41, 5.74) is 7.76. The minimum absolute atomic E-state index is 0.689. The second kappa shape index (κ2) is 7.65. The van der Waals surface area contributed by atoms with Crippen LogP contribution in [0.5, 0.6) is 5.75 Å². The lowest BCUT2D eigenvalue weighted by molar-refractivity contribution is 0.308. The fraction of sp³-hybridized carbons (Fsp3) is 0.200. The molecule has 3 rings (SSSR count). The minimum atomic E-state index is 0.689. The zero-order valence-electron chi connectivity index (χ0n) is 13.2. The molecule has 3 heteroatoms. The molecule has 0 saturated heterocycles. The van der Waals surface area contributed by atoms with Gasteiger partial charge in [-0.2, -0.15) is 0 Å². The molecule has 0 aliphatic carbocycles. The number of fused-ring (bicyclic) bond motifs is 1. The average Bonchev–Trinajstić information content (AvgIpc) is 2.58. The topological polar surface area (TPSA) is 47.3 Å². The van der Waals surface area contributed by atoms with E-state index in [1.165, 1.54) is 16.3 Å². The molecule has 0 amide bonds. The highest BCUT2D eigenvalue weighted by atomic mass is 16.5. The summed E-state index contributed by atoms with van der Waals surface area (Å²) in [5, 5.41) is 6.03. The third kappa shape index (κ3) is 4.47. The van der Waals surface area contributed by atoms with Crippen LogP contribution in [-0.4, -0.2) is 13.2 Å². The fourth-order valence-electron chi connectivity index (χ4n) is 2.57.